The molecule has 0 saturated carbocycles. The number of hydrogen-bond donors (Lipinski definition) is 2. The summed E-state index contributed by atoms with van der Waals surface area (Å²) in [6.07, 6.45) is -0.944. The van der Waals surface area contributed by atoms with Crippen LogP contribution in [0.2, 0.25) is 0 Å². The molecule has 0 aliphatic rings. The highest BCUT2D eigenvalue weighted by Crippen LogP contribution is 2.39. The van der Waals surface area contributed by atoms with Gasteiger partial charge in [-0.15, -0.1) is 0 Å². The third kappa shape index (κ3) is 3.90. The van der Waals surface area contributed by atoms with Gasteiger partial charge in [0.05, 0.1) is 18.4 Å². The number of fused-ring (bicyclic) bond motifs is 1. The minimum Gasteiger partial charge on any atom is -0.383 e. The zero-order valence-electron chi connectivity index (χ0n) is 15.6. The van der Waals surface area contributed by atoms with E-state index in [0.717, 1.165) is 11.5 Å². The standard InChI is InChI=1S/C21H22F4N2O/c1-13-3-4-15(23)8-17(13)20(2,12-22)11-21(28,19(24)25)9-16-7-14-5-6-26-10-18(14)27-16/h3-8,10,19,27-28H,9,11-12H2,1-2H3. The third-order valence-electron chi connectivity index (χ3n) is 5.22. The van der Waals surface area contributed by atoms with Crippen LogP contribution in [0.25, 0.3) is 10.9 Å². The maximum atomic E-state index is 14.0. The average Bonchev–Trinajstić information content (AvgIpc) is 3.05. The Morgan fingerprint density at radius 3 is 2.61 bits per heavy atom. The van der Waals surface area contributed by atoms with Crippen molar-refractivity contribution in [2.45, 2.75) is 44.1 Å². The van der Waals surface area contributed by atoms with Crippen molar-refractivity contribution in [2.75, 3.05) is 6.67 Å². The molecule has 0 spiro atoms. The Morgan fingerprint density at radius 1 is 1.21 bits per heavy atom. The number of halogens is 4. The zero-order chi connectivity index (χ0) is 20.5. The fourth-order valence-electron chi connectivity index (χ4n) is 3.81. The SMILES string of the molecule is Cc1ccc(F)cc1C(C)(CF)CC(O)(Cc1cc2ccncc2[nH]1)C(F)F. The highest BCUT2D eigenvalue weighted by atomic mass is 19.3. The molecule has 2 aromatic heterocycles. The van der Waals surface area contributed by atoms with E-state index in [2.05, 4.69) is 9.97 Å². The summed E-state index contributed by atoms with van der Waals surface area (Å²) >= 11 is 0. The molecule has 2 N–H and O–H groups in total. The predicted octanol–water partition coefficient (Wildman–Crippen LogP) is 4.87. The highest BCUT2D eigenvalue weighted by molar-refractivity contribution is 5.79. The van der Waals surface area contributed by atoms with Gasteiger partial charge >= 0.3 is 0 Å². The number of H-pyrrole nitrogens is 1. The lowest BCUT2D eigenvalue weighted by Gasteiger charge is -2.37. The largest absolute Gasteiger partial charge is 0.383 e. The molecule has 7 heteroatoms. The van der Waals surface area contributed by atoms with E-state index in [-0.39, 0.29) is 5.56 Å². The number of benzene rings is 1. The quantitative estimate of drug-likeness (QED) is 0.562. The first-order chi connectivity index (χ1) is 13.2. The molecular formula is C21H22F4N2O. The van der Waals surface area contributed by atoms with E-state index in [1.807, 2.05) is 0 Å². The molecule has 2 atom stereocenters. The number of rotatable bonds is 7. The van der Waals surface area contributed by atoms with E-state index in [1.165, 1.54) is 19.1 Å². The molecule has 0 aliphatic heterocycles. The smallest absolute Gasteiger partial charge is 0.267 e. The van der Waals surface area contributed by atoms with Gasteiger partial charge in [-0.25, -0.2) is 13.2 Å². The molecule has 0 amide bonds. The molecule has 1 aromatic carbocycles. The molecule has 0 radical (unpaired) electrons. The number of aryl methyl sites for hydroxylation is 1. The Hall–Kier alpha value is -2.41. The number of hydrogen-bond acceptors (Lipinski definition) is 2. The first-order valence-electron chi connectivity index (χ1n) is 8.92. The summed E-state index contributed by atoms with van der Waals surface area (Å²) in [4.78, 5) is 6.92. The van der Waals surface area contributed by atoms with E-state index in [9.17, 15) is 22.7 Å². The van der Waals surface area contributed by atoms with Crippen molar-refractivity contribution in [3.05, 3.63) is 65.4 Å². The van der Waals surface area contributed by atoms with Crippen LogP contribution in [0.3, 0.4) is 0 Å². The molecule has 0 aliphatic carbocycles. The van der Waals surface area contributed by atoms with Crippen LogP contribution in [0.4, 0.5) is 17.6 Å². The second kappa shape index (κ2) is 7.54. The Morgan fingerprint density at radius 2 is 1.96 bits per heavy atom. The zero-order valence-corrected chi connectivity index (χ0v) is 15.6. The molecule has 0 bridgehead atoms. The van der Waals surface area contributed by atoms with Crippen molar-refractivity contribution in [1.82, 2.24) is 9.97 Å². The number of aromatic nitrogens is 2. The molecule has 150 valence electrons. The van der Waals surface area contributed by atoms with Crippen molar-refractivity contribution < 1.29 is 22.7 Å². The van der Waals surface area contributed by atoms with E-state index >= 15 is 0 Å². The minimum atomic E-state index is -3.11. The van der Waals surface area contributed by atoms with Gasteiger partial charge in [-0.2, -0.15) is 0 Å². The molecule has 2 heterocycles. The Kier molecular flexibility index (Phi) is 5.48. The fourth-order valence-corrected chi connectivity index (χ4v) is 3.81. The Balaban J connectivity index is 1.96. The molecule has 3 nitrogen and oxygen atoms in total. The Bertz CT molecular complexity index is 941. The second-order valence-electron chi connectivity index (χ2n) is 7.67. The van der Waals surface area contributed by atoms with Crippen molar-refractivity contribution in [1.29, 1.82) is 0 Å². The third-order valence-corrected chi connectivity index (χ3v) is 5.22. The van der Waals surface area contributed by atoms with E-state index in [4.69, 9.17) is 0 Å². The summed E-state index contributed by atoms with van der Waals surface area (Å²) in [6, 6.07) is 7.23. The van der Waals surface area contributed by atoms with Gasteiger partial charge in [0.2, 0.25) is 0 Å². The first kappa shape index (κ1) is 20.3. The summed E-state index contributed by atoms with van der Waals surface area (Å²) < 4.78 is 55.6. The lowest BCUT2D eigenvalue weighted by atomic mass is 9.72. The topological polar surface area (TPSA) is 48.9 Å². The molecule has 3 rings (SSSR count). The van der Waals surface area contributed by atoms with Crippen LogP contribution in [0, 0.1) is 12.7 Å². The van der Waals surface area contributed by atoms with Crippen LogP contribution < -0.4 is 0 Å². The predicted molar refractivity (Wildman–Crippen MR) is 99.8 cm³/mol. The van der Waals surface area contributed by atoms with Gasteiger partial charge in [-0.3, -0.25) is 9.37 Å². The van der Waals surface area contributed by atoms with E-state index in [0.29, 0.717) is 16.8 Å². The lowest BCUT2D eigenvalue weighted by molar-refractivity contribution is -0.113. The normalized spacial score (nSPS) is 16.3. The summed E-state index contributed by atoms with van der Waals surface area (Å²) in [6.45, 7) is 2.08. The highest BCUT2D eigenvalue weighted by Gasteiger charge is 2.45. The fraction of sp³-hybridized carbons (Fsp3) is 0.381. The summed E-state index contributed by atoms with van der Waals surface area (Å²) in [5.41, 5.74) is -2.06. The molecule has 0 saturated heterocycles. The van der Waals surface area contributed by atoms with Crippen LogP contribution in [0.5, 0.6) is 0 Å². The number of nitrogens with one attached hydrogen (secondary N) is 1. The molecule has 28 heavy (non-hydrogen) atoms. The van der Waals surface area contributed by atoms with Crippen LogP contribution in [0.15, 0.2) is 42.7 Å². The minimum absolute atomic E-state index is 0.273. The summed E-state index contributed by atoms with van der Waals surface area (Å²) in [7, 11) is 0. The summed E-state index contributed by atoms with van der Waals surface area (Å²) in [5.74, 6) is -0.580. The van der Waals surface area contributed by atoms with Gasteiger partial charge in [0, 0.05) is 29.1 Å². The van der Waals surface area contributed by atoms with Gasteiger partial charge in [-0.05, 0) is 48.7 Å². The monoisotopic (exact) mass is 394 g/mol. The van der Waals surface area contributed by atoms with E-state index in [1.54, 1.807) is 31.5 Å². The number of nitrogens with zero attached hydrogens (tertiary/aromatic N) is 1. The summed E-state index contributed by atoms with van der Waals surface area (Å²) in [5, 5.41) is 11.6. The van der Waals surface area contributed by atoms with Gasteiger partial charge < -0.3 is 10.1 Å². The Labute approximate surface area is 160 Å². The van der Waals surface area contributed by atoms with Crippen LogP contribution in [-0.4, -0.2) is 33.8 Å². The van der Waals surface area contributed by atoms with Gasteiger partial charge in [0.1, 0.15) is 11.4 Å². The second-order valence-corrected chi connectivity index (χ2v) is 7.67. The number of aliphatic hydroxyl groups is 1. The average molecular weight is 394 g/mol. The number of alkyl halides is 3. The maximum Gasteiger partial charge on any atom is 0.267 e. The van der Waals surface area contributed by atoms with Crippen molar-refractivity contribution in [2.24, 2.45) is 0 Å². The number of pyridine rings is 1. The van der Waals surface area contributed by atoms with Crippen molar-refractivity contribution in [3.8, 4) is 0 Å². The molecule has 2 unspecified atom stereocenters. The van der Waals surface area contributed by atoms with Gasteiger partial charge in [0.25, 0.3) is 6.43 Å². The van der Waals surface area contributed by atoms with Crippen LogP contribution in [-0.2, 0) is 11.8 Å². The van der Waals surface area contributed by atoms with E-state index < -0.39 is 42.8 Å². The first-order valence-corrected chi connectivity index (χ1v) is 8.92. The number of aromatic amines is 1. The molecule has 0 fully saturated rings. The van der Waals surface area contributed by atoms with Crippen LogP contribution >= 0.6 is 0 Å². The van der Waals surface area contributed by atoms with Crippen molar-refractivity contribution >= 4 is 10.9 Å². The van der Waals surface area contributed by atoms with Crippen LogP contribution in [0.1, 0.15) is 30.2 Å². The molecular weight excluding hydrogens is 372 g/mol. The lowest BCUT2D eigenvalue weighted by Crippen LogP contribution is -2.46. The molecule has 3 aromatic rings. The van der Waals surface area contributed by atoms with Crippen molar-refractivity contribution in [3.63, 3.8) is 0 Å². The maximum absolute atomic E-state index is 14.0. The van der Waals surface area contributed by atoms with Gasteiger partial charge in [-0.1, -0.05) is 13.0 Å². The van der Waals surface area contributed by atoms with Gasteiger partial charge in [0.15, 0.2) is 0 Å².